The minimum absolute atomic E-state index is 0.117. The van der Waals surface area contributed by atoms with Crippen LogP contribution in [0.1, 0.15) is 31.6 Å². The van der Waals surface area contributed by atoms with Crippen LogP contribution in [0.15, 0.2) is 33.9 Å². The van der Waals surface area contributed by atoms with Gasteiger partial charge in [-0.3, -0.25) is 13.9 Å². The van der Waals surface area contributed by atoms with E-state index < -0.39 is 0 Å². The highest BCUT2D eigenvalue weighted by Gasteiger charge is 2.25. The van der Waals surface area contributed by atoms with Crippen molar-refractivity contribution in [1.82, 2.24) is 34.7 Å². The molecule has 1 aliphatic heterocycles. The summed E-state index contributed by atoms with van der Waals surface area (Å²) in [6.07, 6.45) is 1.43. The number of fused-ring (bicyclic) bond motifs is 1. The summed E-state index contributed by atoms with van der Waals surface area (Å²) in [6, 6.07) is 7.20. The third kappa shape index (κ3) is 4.23. The van der Waals surface area contributed by atoms with Gasteiger partial charge < -0.3 is 14.8 Å². The van der Waals surface area contributed by atoms with Gasteiger partial charge in [0.05, 0.1) is 32.8 Å². The molecule has 0 radical (unpaired) electrons. The molecule has 35 heavy (non-hydrogen) atoms. The highest BCUT2D eigenvalue weighted by Crippen LogP contribution is 2.39. The number of methoxy groups -OCH3 is 2. The molecule has 4 aromatic rings. The quantitative estimate of drug-likeness (QED) is 0.411. The second-order valence-electron chi connectivity index (χ2n) is 8.31. The van der Waals surface area contributed by atoms with Crippen molar-refractivity contribution in [2.45, 2.75) is 38.9 Å². The van der Waals surface area contributed by atoms with Crippen molar-refractivity contribution < 1.29 is 9.47 Å². The molecule has 0 saturated carbocycles. The van der Waals surface area contributed by atoms with Crippen LogP contribution < -0.4 is 26.0 Å². The Kier molecular flexibility index (Phi) is 6.39. The Morgan fingerprint density at radius 1 is 1.14 bits per heavy atom. The fourth-order valence-corrected chi connectivity index (χ4v) is 5.58. The van der Waals surface area contributed by atoms with Gasteiger partial charge in [-0.15, -0.1) is 21.5 Å². The van der Waals surface area contributed by atoms with E-state index in [2.05, 4.69) is 20.7 Å². The first kappa shape index (κ1) is 23.2. The first-order chi connectivity index (χ1) is 17.0. The zero-order valence-corrected chi connectivity index (χ0v) is 20.7. The summed E-state index contributed by atoms with van der Waals surface area (Å²) in [5.41, 5.74) is 0.707. The standard InChI is InChI=1S/C23H27N7O4S/c1-4-29-26-20(25-27-29)13-28-17-12-19(16-11-15(33-2)5-6-18(16)34-3)35-21(17)22(31)30(23(28)32)14-7-9-24-10-8-14/h5-6,11-12,14,24H,4,7-10,13H2,1-3H3. The smallest absolute Gasteiger partial charge is 0.332 e. The first-order valence-electron chi connectivity index (χ1n) is 11.5. The number of ether oxygens (including phenoxy) is 2. The fourth-order valence-electron chi connectivity index (χ4n) is 4.46. The van der Waals surface area contributed by atoms with Gasteiger partial charge in [0.25, 0.3) is 5.56 Å². The van der Waals surface area contributed by atoms with Crippen LogP contribution in [0.4, 0.5) is 0 Å². The molecule has 0 amide bonds. The molecule has 11 nitrogen and oxygen atoms in total. The number of rotatable bonds is 7. The Balaban J connectivity index is 1.74. The third-order valence-electron chi connectivity index (χ3n) is 6.28. The molecule has 1 N–H and O–H groups in total. The number of benzene rings is 1. The second kappa shape index (κ2) is 9.62. The molecule has 1 saturated heterocycles. The van der Waals surface area contributed by atoms with Crippen molar-refractivity contribution in [3.8, 4) is 21.9 Å². The lowest BCUT2D eigenvalue weighted by atomic mass is 10.1. The molecule has 4 heterocycles. The number of thiophene rings is 1. The summed E-state index contributed by atoms with van der Waals surface area (Å²) < 4.78 is 14.5. The van der Waals surface area contributed by atoms with E-state index in [4.69, 9.17) is 9.47 Å². The van der Waals surface area contributed by atoms with Crippen LogP contribution in [0, 0.1) is 0 Å². The number of nitrogens with one attached hydrogen (secondary N) is 1. The van der Waals surface area contributed by atoms with Crippen LogP contribution in [-0.2, 0) is 13.1 Å². The summed E-state index contributed by atoms with van der Waals surface area (Å²) in [4.78, 5) is 29.7. The summed E-state index contributed by atoms with van der Waals surface area (Å²) >= 11 is 1.34. The van der Waals surface area contributed by atoms with Gasteiger partial charge in [-0.2, -0.15) is 4.80 Å². The lowest BCUT2D eigenvalue weighted by molar-refractivity contribution is 0.346. The minimum atomic E-state index is -0.357. The molecule has 1 fully saturated rings. The summed E-state index contributed by atoms with van der Waals surface area (Å²) in [7, 11) is 3.20. The average Bonchev–Trinajstić information content (AvgIpc) is 3.54. The van der Waals surface area contributed by atoms with Crippen molar-refractivity contribution in [1.29, 1.82) is 0 Å². The molecule has 0 bridgehead atoms. The summed E-state index contributed by atoms with van der Waals surface area (Å²) in [5.74, 6) is 1.73. The fraction of sp³-hybridized carbons (Fsp3) is 0.435. The van der Waals surface area contributed by atoms with E-state index >= 15 is 0 Å². The van der Waals surface area contributed by atoms with E-state index in [1.54, 1.807) is 18.8 Å². The van der Waals surface area contributed by atoms with Gasteiger partial charge >= 0.3 is 5.69 Å². The Bertz CT molecular complexity index is 1480. The number of hydrogen-bond acceptors (Lipinski definition) is 9. The Morgan fingerprint density at radius 3 is 2.63 bits per heavy atom. The molecule has 0 unspecified atom stereocenters. The number of piperidine rings is 1. The van der Waals surface area contributed by atoms with Crippen LogP contribution in [0.2, 0.25) is 0 Å². The Hall–Kier alpha value is -3.51. The zero-order valence-electron chi connectivity index (χ0n) is 19.9. The molecule has 12 heteroatoms. The van der Waals surface area contributed by atoms with Crippen LogP contribution in [-0.4, -0.2) is 56.7 Å². The molecule has 5 rings (SSSR count). The Morgan fingerprint density at radius 2 is 1.94 bits per heavy atom. The van der Waals surface area contributed by atoms with E-state index in [-0.39, 0.29) is 23.8 Å². The molecule has 3 aromatic heterocycles. The van der Waals surface area contributed by atoms with Crippen molar-refractivity contribution in [3.05, 3.63) is 50.9 Å². The SMILES string of the molecule is CCn1nnc(Cn2c(=O)n(C3CCNCC3)c(=O)c3sc(-c4cc(OC)ccc4OC)cc32)n1. The van der Waals surface area contributed by atoms with Gasteiger partial charge in [0.15, 0.2) is 5.82 Å². The van der Waals surface area contributed by atoms with Gasteiger partial charge in [0.1, 0.15) is 16.2 Å². The van der Waals surface area contributed by atoms with E-state index in [1.807, 2.05) is 31.2 Å². The van der Waals surface area contributed by atoms with Gasteiger partial charge in [-0.1, -0.05) is 0 Å². The van der Waals surface area contributed by atoms with Crippen molar-refractivity contribution in [3.63, 3.8) is 0 Å². The molecular weight excluding hydrogens is 470 g/mol. The van der Waals surface area contributed by atoms with Crippen LogP contribution >= 0.6 is 11.3 Å². The van der Waals surface area contributed by atoms with Gasteiger partial charge in [-0.25, -0.2) is 4.79 Å². The summed E-state index contributed by atoms with van der Waals surface area (Å²) in [6.45, 7) is 4.13. The van der Waals surface area contributed by atoms with Gasteiger partial charge in [0.2, 0.25) is 0 Å². The largest absolute Gasteiger partial charge is 0.497 e. The normalized spacial score (nSPS) is 14.5. The monoisotopic (exact) mass is 497 g/mol. The Labute approximate surface area is 204 Å². The lowest BCUT2D eigenvalue weighted by Crippen LogP contribution is -2.45. The number of tetrazole rings is 1. The first-order valence-corrected chi connectivity index (χ1v) is 12.3. The number of aromatic nitrogens is 6. The maximum absolute atomic E-state index is 13.7. The highest BCUT2D eigenvalue weighted by atomic mass is 32.1. The second-order valence-corrected chi connectivity index (χ2v) is 9.36. The molecule has 1 aliphatic rings. The van der Waals surface area contributed by atoms with E-state index in [0.29, 0.717) is 46.9 Å². The highest BCUT2D eigenvalue weighted by molar-refractivity contribution is 7.22. The minimum Gasteiger partial charge on any atom is -0.497 e. The predicted octanol–water partition coefficient (Wildman–Crippen LogP) is 1.89. The van der Waals surface area contributed by atoms with Crippen LogP contribution in [0.25, 0.3) is 20.7 Å². The number of nitrogens with zero attached hydrogens (tertiary/aromatic N) is 6. The predicted molar refractivity (Wildman–Crippen MR) is 133 cm³/mol. The van der Waals surface area contributed by atoms with Crippen LogP contribution in [0.5, 0.6) is 11.5 Å². The van der Waals surface area contributed by atoms with Gasteiger partial charge in [0, 0.05) is 16.5 Å². The van der Waals surface area contributed by atoms with E-state index in [9.17, 15) is 9.59 Å². The van der Waals surface area contributed by atoms with Crippen LogP contribution in [0.3, 0.4) is 0 Å². The number of hydrogen-bond donors (Lipinski definition) is 1. The zero-order chi connectivity index (χ0) is 24.5. The molecular formula is C23H27N7O4S. The molecule has 1 aromatic carbocycles. The van der Waals surface area contributed by atoms with Crippen molar-refractivity contribution >= 4 is 21.6 Å². The van der Waals surface area contributed by atoms with E-state index in [1.165, 1.54) is 20.7 Å². The molecule has 184 valence electrons. The lowest BCUT2D eigenvalue weighted by Gasteiger charge is -2.24. The average molecular weight is 498 g/mol. The van der Waals surface area contributed by atoms with E-state index in [0.717, 1.165) is 23.5 Å². The molecule has 0 aliphatic carbocycles. The summed E-state index contributed by atoms with van der Waals surface area (Å²) in [5, 5.41) is 15.8. The molecule has 0 atom stereocenters. The maximum atomic E-state index is 13.7. The van der Waals surface area contributed by atoms with Crippen molar-refractivity contribution in [2.75, 3.05) is 27.3 Å². The third-order valence-corrected chi connectivity index (χ3v) is 7.42. The number of aryl methyl sites for hydroxylation is 1. The van der Waals surface area contributed by atoms with Gasteiger partial charge in [-0.05, 0) is 62.3 Å². The maximum Gasteiger partial charge on any atom is 0.332 e. The van der Waals surface area contributed by atoms with Crippen molar-refractivity contribution in [2.24, 2.45) is 0 Å². The topological polar surface area (TPSA) is 118 Å². The molecule has 0 spiro atoms.